The Kier molecular flexibility index (Phi) is 1.67. The molecule has 0 fully saturated rings. The Labute approximate surface area is 80.3 Å². The van der Waals surface area contributed by atoms with E-state index in [0.29, 0.717) is 5.65 Å². The van der Waals surface area contributed by atoms with Gasteiger partial charge in [0.05, 0.1) is 0 Å². The topological polar surface area (TPSA) is 86.4 Å². The summed E-state index contributed by atoms with van der Waals surface area (Å²) in [5.41, 5.74) is 12.6. The zero-order chi connectivity index (χ0) is 10.3. The predicted octanol–water partition coefficient (Wildman–Crippen LogP) is 0.324. The van der Waals surface area contributed by atoms with Crippen LogP contribution in [0.2, 0.25) is 0 Å². The van der Waals surface area contributed by atoms with E-state index in [1.54, 1.807) is 10.5 Å². The van der Waals surface area contributed by atoms with Crippen LogP contribution < -0.4 is 11.5 Å². The summed E-state index contributed by atoms with van der Waals surface area (Å²) in [6.07, 6.45) is 1.81. The normalized spacial score (nSPS) is 10.6. The maximum Gasteiger partial charge on any atom is 0.271 e. The second-order valence-electron chi connectivity index (χ2n) is 3.14. The smallest absolute Gasteiger partial charge is 0.271 e. The summed E-state index contributed by atoms with van der Waals surface area (Å²) in [5, 5.41) is 0. The number of anilines is 1. The van der Waals surface area contributed by atoms with Crippen LogP contribution >= 0.6 is 0 Å². The Hall–Kier alpha value is -2.04. The van der Waals surface area contributed by atoms with Crippen molar-refractivity contribution in [3.05, 3.63) is 29.6 Å². The molecule has 2 heterocycles. The van der Waals surface area contributed by atoms with E-state index in [1.165, 1.54) is 0 Å². The predicted molar refractivity (Wildman–Crippen MR) is 52.9 cm³/mol. The Morgan fingerprint density at radius 1 is 1.50 bits per heavy atom. The molecular formula is C9H10N4O. The van der Waals surface area contributed by atoms with Crippen molar-refractivity contribution in [3.8, 4) is 0 Å². The molecule has 0 saturated heterocycles. The lowest BCUT2D eigenvalue weighted by atomic mass is 10.3. The minimum atomic E-state index is -0.608. The minimum absolute atomic E-state index is 0.121. The second-order valence-corrected chi connectivity index (χ2v) is 3.14. The standard InChI is InChI=1S/C9H10N4O/c1-5-2-3-6-12-7(9(11)14)8(10)13(6)4-5/h2-4H,10H2,1H3,(H2,11,14). The van der Waals surface area contributed by atoms with E-state index in [0.717, 1.165) is 5.56 Å². The van der Waals surface area contributed by atoms with Crippen molar-refractivity contribution < 1.29 is 4.79 Å². The molecule has 72 valence electrons. The summed E-state index contributed by atoms with van der Waals surface area (Å²) in [6, 6.07) is 3.69. The summed E-state index contributed by atoms with van der Waals surface area (Å²) < 4.78 is 1.65. The van der Waals surface area contributed by atoms with Crippen LogP contribution in [0.3, 0.4) is 0 Å². The maximum absolute atomic E-state index is 10.9. The van der Waals surface area contributed by atoms with E-state index in [9.17, 15) is 4.79 Å². The maximum atomic E-state index is 10.9. The summed E-state index contributed by atoms with van der Waals surface area (Å²) in [6.45, 7) is 1.93. The van der Waals surface area contributed by atoms with Gasteiger partial charge in [-0.3, -0.25) is 9.20 Å². The Balaban J connectivity index is 2.80. The lowest BCUT2D eigenvalue weighted by molar-refractivity contribution is 0.0997. The molecule has 0 aromatic carbocycles. The highest BCUT2D eigenvalue weighted by atomic mass is 16.1. The van der Waals surface area contributed by atoms with Crippen LogP contribution in [0.25, 0.3) is 5.65 Å². The molecule has 2 aromatic heterocycles. The first-order valence-corrected chi connectivity index (χ1v) is 4.13. The zero-order valence-electron chi connectivity index (χ0n) is 7.69. The van der Waals surface area contributed by atoms with Gasteiger partial charge < -0.3 is 11.5 Å². The van der Waals surface area contributed by atoms with E-state index in [-0.39, 0.29) is 11.5 Å². The van der Waals surface area contributed by atoms with Gasteiger partial charge in [0.1, 0.15) is 11.5 Å². The average molecular weight is 190 g/mol. The number of aryl methyl sites for hydroxylation is 1. The molecule has 0 aliphatic carbocycles. The molecule has 2 rings (SSSR count). The number of aromatic nitrogens is 2. The highest BCUT2D eigenvalue weighted by molar-refractivity contribution is 5.96. The number of nitrogen functional groups attached to an aromatic ring is 1. The average Bonchev–Trinajstić information content (AvgIpc) is 2.44. The SMILES string of the molecule is Cc1ccc2nc(C(N)=O)c(N)n2c1. The molecule has 0 aliphatic heterocycles. The van der Waals surface area contributed by atoms with Crippen molar-refractivity contribution in [2.24, 2.45) is 5.73 Å². The summed E-state index contributed by atoms with van der Waals surface area (Å²) in [5.74, 6) is -0.319. The largest absolute Gasteiger partial charge is 0.383 e. The minimum Gasteiger partial charge on any atom is -0.383 e. The third-order valence-corrected chi connectivity index (χ3v) is 2.04. The number of primary amides is 1. The molecule has 14 heavy (non-hydrogen) atoms. The van der Waals surface area contributed by atoms with Crippen LogP contribution in [-0.2, 0) is 0 Å². The number of hydrogen-bond acceptors (Lipinski definition) is 3. The number of carbonyl (C=O) groups excluding carboxylic acids is 1. The highest BCUT2D eigenvalue weighted by Crippen LogP contribution is 2.14. The van der Waals surface area contributed by atoms with Gasteiger partial charge in [0.2, 0.25) is 0 Å². The van der Waals surface area contributed by atoms with E-state index in [4.69, 9.17) is 11.5 Å². The van der Waals surface area contributed by atoms with Gasteiger partial charge in [0.25, 0.3) is 5.91 Å². The molecular weight excluding hydrogens is 180 g/mol. The molecule has 0 spiro atoms. The van der Waals surface area contributed by atoms with Gasteiger partial charge in [0.15, 0.2) is 5.69 Å². The molecule has 0 unspecified atom stereocenters. The fraction of sp³-hybridized carbons (Fsp3) is 0.111. The quantitative estimate of drug-likeness (QED) is 0.679. The molecule has 5 nitrogen and oxygen atoms in total. The van der Waals surface area contributed by atoms with E-state index in [2.05, 4.69) is 4.98 Å². The monoisotopic (exact) mass is 190 g/mol. The van der Waals surface area contributed by atoms with Crippen molar-refractivity contribution in [2.45, 2.75) is 6.92 Å². The number of hydrogen-bond donors (Lipinski definition) is 2. The third-order valence-electron chi connectivity index (χ3n) is 2.04. The molecule has 0 radical (unpaired) electrons. The number of nitrogens with two attached hydrogens (primary N) is 2. The first kappa shape index (κ1) is 8.55. The number of pyridine rings is 1. The first-order chi connectivity index (χ1) is 6.59. The third kappa shape index (κ3) is 1.10. The summed E-state index contributed by atoms with van der Waals surface area (Å²) in [7, 11) is 0. The van der Waals surface area contributed by atoms with E-state index in [1.807, 2.05) is 19.2 Å². The van der Waals surface area contributed by atoms with Crippen LogP contribution in [0.1, 0.15) is 16.1 Å². The molecule has 0 aliphatic rings. The fourth-order valence-electron chi connectivity index (χ4n) is 1.35. The van der Waals surface area contributed by atoms with E-state index >= 15 is 0 Å². The Bertz CT molecular complexity index is 515. The lowest BCUT2D eigenvalue weighted by Gasteiger charge is -1.97. The first-order valence-electron chi connectivity index (χ1n) is 4.13. The fourth-order valence-corrected chi connectivity index (χ4v) is 1.35. The number of imidazole rings is 1. The van der Waals surface area contributed by atoms with Gasteiger partial charge in [0, 0.05) is 6.20 Å². The number of nitrogens with zero attached hydrogens (tertiary/aromatic N) is 2. The summed E-state index contributed by atoms with van der Waals surface area (Å²) >= 11 is 0. The van der Waals surface area contributed by atoms with Crippen molar-refractivity contribution in [3.63, 3.8) is 0 Å². The molecule has 4 N–H and O–H groups in total. The Morgan fingerprint density at radius 2 is 2.21 bits per heavy atom. The molecule has 1 amide bonds. The molecule has 5 heteroatoms. The molecule has 0 bridgehead atoms. The van der Waals surface area contributed by atoms with Crippen LogP contribution in [0, 0.1) is 6.92 Å². The van der Waals surface area contributed by atoms with Crippen LogP contribution in [0.15, 0.2) is 18.3 Å². The van der Waals surface area contributed by atoms with Gasteiger partial charge in [-0.2, -0.15) is 0 Å². The van der Waals surface area contributed by atoms with Gasteiger partial charge in [-0.05, 0) is 18.6 Å². The van der Waals surface area contributed by atoms with Crippen molar-refractivity contribution >= 4 is 17.4 Å². The molecule has 0 saturated carbocycles. The Morgan fingerprint density at radius 3 is 2.86 bits per heavy atom. The van der Waals surface area contributed by atoms with Gasteiger partial charge >= 0.3 is 0 Å². The van der Waals surface area contributed by atoms with Gasteiger partial charge in [-0.1, -0.05) is 6.07 Å². The van der Waals surface area contributed by atoms with Gasteiger partial charge in [-0.15, -0.1) is 0 Å². The lowest BCUT2D eigenvalue weighted by Crippen LogP contribution is -2.13. The zero-order valence-corrected chi connectivity index (χ0v) is 7.69. The van der Waals surface area contributed by atoms with E-state index < -0.39 is 5.91 Å². The van der Waals surface area contributed by atoms with Gasteiger partial charge in [-0.25, -0.2) is 4.98 Å². The number of fused-ring (bicyclic) bond motifs is 1. The molecule has 2 aromatic rings. The van der Waals surface area contributed by atoms with Crippen LogP contribution in [0.4, 0.5) is 5.82 Å². The number of carbonyl (C=O) groups is 1. The summed E-state index contributed by atoms with van der Waals surface area (Å²) in [4.78, 5) is 15.0. The number of amides is 1. The highest BCUT2D eigenvalue weighted by Gasteiger charge is 2.13. The molecule has 0 atom stereocenters. The van der Waals surface area contributed by atoms with Crippen molar-refractivity contribution in [1.29, 1.82) is 0 Å². The van der Waals surface area contributed by atoms with Crippen molar-refractivity contribution in [2.75, 3.05) is 5.73 Å². The van der Waals surface area contributed by atoms with Crippen molar-refractivity contribution in [1.82, 2.24) is 9.38 Å². The van der Waals surface area contributed by atoms with Crippen LogP contribution in [-0.4, -0.2) is 15.3 Å². The van der Waals surface area contributed by atoms with Crippen LogP contribution in [0.5, 0.6) is 0 Å². The second kappa shape index (κ2) is 2.73. The number of rotatable bonds is 1.